The molecular formula is C21H25N3O8S. The van der Waals surface area contributed by atoms with Crippen LogP contribution in [0.4, 0.5) is 16.2 Å². The Labute approximate surface area is 191 Å². The highest BCUT2D eigenvalue weighted by molar-refractivity contribution is 7.89. The van der Waals surface area contributed by atoms with Crippen molar-refractivity contribution in [1.29, 1.82) is 0 Å². The molecule has 2 aromatic rings. The molecule has 0 fully saturated rings. The van der Waals surface area contributed by atoms with Crippen molar-refractivity contribution in [3.05, 3.63) is 64.2 Å². The van der Waals surface area contributed by atoms with E-state index in [0.717, 1.165) is 0 Å². The molecule has 0 aliphatic carbocycles. The van der Waals surface area contributed by atoms with E-state index in [2.05, 4.69) is 5.32 Å². The summed E-state index contributed by atoms with van der Waals surface area (Å²) in [5, 5.41) is 23.2. The first kappa shape index (κ1) is 25.7. The molecule has 11 nitrogen and oxygen atoms in total. The van der Waals surface area contributed by atoms with Gasteiger partial charge in [-0.2, -0.15) is 4.31 Å². The van der Waals surface area contributed by atoms with Gasteiger partial charge in [0.15, 0.2) is 0 Å². The number of carbonyl (C=O) groups excluding carboxylic acids is 1. The second kappa shape index (κ2) is 9.96. The fourth-order valence-corrected chi connectivity index (χ4v) is 4.38. The third-order valence-electron chi connectivity index (χ3n) is 4.41. The summed E-state index contributed by atoms with van der Waals surface area (Å²) < 4.78 is 32.3. The zero-order valence-corrected chi connectivity index (χ0v) is 19.3. The van der Waals surface area contributed by atoms with Crippen LogP contribution in [0, 0.1) is 10.1 Å². The van der Waals surface area contributed by atoms with Crippen LogP contribution in [0.3, 0.4) is 0 Å². The molecule has 1 atom stereocenters. The number of nitrogens with one attached hydrogen (secondary N) is 1. The summed E-state index contributed by atoms with van der Waals surface area (Å²) in [5.74, 6) is -1.42. The van der Waals surface area contributed by atoms with E-state index in [1.165, 1.54) is 55.5 Å². The molecule has 0 heterocycles. The first-order valence-electron chi connectivity index (χ1n) is 9.79. The van der Waals surface area contributed by atoms with E-state index in [1.54, 1.807) is 20.8 Å². The number of aliphatic carboxylic acids is 1. The highest BCUT2D eigenvalue weighted by Crippen LogP contribution is 2.26. The Balaban J connectivity index is 2.37. The number of para-hydroxylation sites is 1. The van der Waals surface area contributed by atoms with E-state index in [-0.39, 0.29) is 21.8 Å². The van der Waals surface area contributed by atoms with E-state index in [0.29, 0.717) is 4.31 Å². The van der Waals surface area contributed by atoms with Gasteiger partial charge in [0.2, 0.25) is 10.0 Å². The highest BCUT2D eigenvalue weighted by Gasteiger charge is 2.34. The maximum absolute atomic E-state index is 13.3. The lowest BCUT2D eigenvalue weighted by atomic mass is 10.1. The molecule has 2 aromatic carbocycles. The van der Waals surface area contributed by atoms with Crippen molar-refractivity contribution in [2.75, 3.05) is 5.32 Å². The number of benzene rings is 2. The number of carbonyl (C=O) groups is 2. The quantitative estimate of drug-likeness (QED) is 0.429. The van der Waals surface area contributed by atoms with Gasteiger partial charge in [0.25, 0.3) is 5.69 Å². The Kier molecular flexibility index (Phi) is 7.77. The number of sulfonamides is 1. The number of anilines is 1. The second-order valence-corrected chi connectivity index (χ2v) is 9.99. The minimum absolute atomic E-state index is 0.0439. The second-order valence-electron chi connectivity index (χ2n) is 8.10. The lowest BCUT2D eigenvalue weighted by Gasteiger charge is -2.26. The molecule has 1 amide bonds. The van der Waals surface area contributed by atoms with Gasteiger partial charge >= 0.3 is 12.1 Å². The smallest absolute Gasteiger partial charge is 0.412 e. The molecule has 0 bridgehead atoms. The molecule has 0 unspecified atom stereocenters. The predicted octanol–water partition coefficient (Wildman–Crippen LogP) is 3.61. The van der Waals surface area contributed by atoms with Gasteiger partial charge in [0.1, 0.15) is 11.6 Å². The summed E-state index contributed by atoms with van der Waals surface area (Å²) in [6.45, 7) is 5.73. The third-order valence-corrected chi connectivity index (χ3v) is 6.34. The molecule has 0 spiro atoms. The summed E-state index contributed by atoms with van der Waals surface area (Å²) in [7, 11) is -4.37. The molecule has 0 saturated heterocycles. The molecule has 178 valence electrons. The van der Waals surface area contributed by atoms with Gasteiger partial charge in [0.05, 0.1) is 9.82 Å². The molecular weight excluding hydrogens is 454 g/mol. The molecule has 0 aliphatic rings. The van der Waals surface area contributed by atoms with Crippen LogP contribution in [0.15, 0.2) is 53.4 Å². The zero-order chi connectivity index (χ0) is 25.0. The Bertz CT molecular complexity index is 1140. The lowest BCUT2D eigenvalue weighted by Crippen LogP contribution is -2.42. The van der Waals surface area contributed by atoms with E-state index in [1.807, 2.05) is 0 Å². The first-order valence-corrected chi connectivity index (χ1v) is 11.2. The number of nitro benzene ring substituents is 1. The Hall–Kier alpha value is -3.51. The summed E-state index contributed by atoms with van der Waals surface area (Å²) in [4.78, 5) is 33.9. The van der Waals surface area contributed by atoms with Gasteiger partial charge in [-0.05, 0) is 52.0 Å². The van der Waals surface area contributed by atoms with Crippen LogP contribution in [0.5, 0.6) is 0 Å². The largest absolute Gasteiger partial charge is 0.480 e. The Morgan fingerprint density at radius 1 is 1.15 bits per heavy atom. The molecule has 2 N–H and O–H groups in total. The van der Waals surface area contributed by atoms with Crippen molar-refractivity contribution in [3.63, 3.8) is 0 Å². The average Bonchev–Trinajstić information content (AvgIpc) is 2.70. The van der Waals surface area contributed by atoms with Gasteiger partial charge < -0.3 is 9.84 Å². The fraction of sp³-hybridized carbons (Fsp3) is 0.333. The van der Waals surface area contributed by atoms with Crippen LogP contribution < -0.4 is 5.32 Å². The SMILES string of the molecule is C[C@@H](C(=O)O)N(Cc1ccccc1[N+](=O)[O-])S(=O)(=O)c1ccc(NC(=O)OC(C)(C)C)cc1. The maximum Gasteiger partial charge on any atom is 0.412 e. The van der Waals surface area contributed by atoms with E-state index < -0.39 is 45.2 Å². The number of hydrogen-bond acceptors (Lipinski definition) is 7. The van der Waals surface area contributed by atoms with Crippen LogP contribution in [0.2, 0.25) is 0 Å². The summed E-state index contributed by atoms with van der Waals surface area (Å²) >= 11 is 0. The van der Waals surface area contributed by atoms with Gasteiger partial charge in [-0.15, -0.1) is 0 Å². The molecule has 33 heavy (non-hydrogen) atoms. The van der Waals surface area contributed by atoms with Crippen LogP contribution in [0.25, 0.3) is 0 Å². The summed E-state index contributed by atoms with van der Waals surface area (Å²) in [5.41, 5.74) is -0.740. The molecule has 0 aliphatic heterocycles. The van der Waals surface area contributed by atoms with E-state index in [4.69, 9.17) is 4.74 Å². The van der Waals surface area contributed by atoms with Gasteiger partial charge in [-0.25, -0.2) is 13.2 Å². The molecule has 0 saturated carbocycles. The van der Waals surface area contributed by atoms with E-state index in [9.17, 15) is 33.2 Å². The molecule has 0 radical (unpaired) electrons. The van der Waals surface area contributed by atoms with Crippen LogP contribution >= 0.6 is 0 Å². The predicted molar refractivity (Wildman–Crippen MR) is 119 cm³/mol. The first-order chi connectivity index (χ1) is 15.2. The number of carboxylic acids is 1. The number of rotatable bonds is 8. The van der Waals surface area contributed by atoms with E-state index >= 15 is 0 Å². The van der Waals surface area contributed by atoms with Crippen LogP contribution in [-0.2, 0) is 26.1 Å². The number of carboxylic acid groups (broad SMARTS) is 1. The van der Waals surface area contributed by atoms with Crippen molar-refractivity contribution < 1.29 is 32.8 Å². The maximum atomic E-state index is 13.3. The fourth-order valence-electron chi connectivity index (χ4n) is 2.81. The normalized spacial score (nSPS) is 12.8. The number of nitrogens with zero attached hydrogens (tertiary/aromatic N) is 2. The minimum Gasteiger partial charge on any atom is -0.480 e. The molecule has 12 heteroatoms. The van der Waals surface area contributed by atoms with Crippen LogP contribution in [0.1, 0.15) is 33.3 Å². The van der Waals surface area contributed by atoms with Gasteiger partial charge in [0, 0.05) is 23.9 Å². The lowest BCUT2D eigenvalue weighted by molar-refractivity contribution is -0.385. The topological polar surface area (TPSA) is 156 Å². The van der Waals surface area contributed by atoms with Crippen molar-refractivity contribution >= 4 is 33.5 Å². The molecule has 0 aromatic heterocycles. The monoisotopic (exact) mass is 479 g/mol. The third kappa shape index (κ3) is 6.73. The van der Waals surface area contributed by atoms with Crippen molar-refractivity contribution in [3.8, 4) is 0 Å². The highest BCUT2D eigenvalue weighted by atomic mass is 32.2. The molecule has 2 rings (SSSR count). The minimum atomic E-state index is -4.37. The Morgan fingerprint density at radius 2 is 1.73 bits per heavy atom. The summed E-state index contributed by atoms with van der Waals surface area (Å²) in [6.07, 6.45) is -0.726. The number of hydrogen-bond donors (Lipinski definition) is 2. The Morgan fingerprint density at radius 3 is 2.24 bits per heavy atom. The van der Waals surface area contributed by atoms with Crippen molar-refractivity contribution in [2.24, 2.45) is 0 Å². The summed E-state index contributed by atoms with van der Waals surface area (Å²) in [6, 6.07) is 9.04. The van der Waals surface area contributed by atoms with Crippen molar-refractivity contribution in [2.45, 2.75) is 50.8 Å². The number of amides is 1. The van der Waals surface area contributed by atoms with Gasteiger partial charge in [-0.1, -0.05) is 18.2 Å². The zero-order valence-electron chi connectivity index (χ0n) is 18.5. The van der Waals surface area contributed by atoms with Gasteiger partial charge in [-0.3, -0.25) is 20.2 Å². The van der Waals surface area contributed by atoms with Crippen LogP contribution in [-0.4, -0.2) is 46.5 Å². The standard InChI is InChI=1S/C21H25N3O8S/c1-14(19(25)26)23(13-15-7-5-6-8-18(15)24(28)29)33(30,31)17-11-9-16(10-12-17)22-20(27)32-21(2,3)4/h5-12,14H,13H2,1-4H3,(H,22,27)(H,25,26)/t14-/m0/s1. The number of nitro groups is 1. The van der Waals surface area contributed by atoms with Crippen molar-refractivity contribution in [1.82, 2.24) is 4.31 Å². The average molecular weight is 480 g/mol. The number of ether oxygens (including phenoxy) is 1.